The van der Waals surface area contributed by atoms with Gasteiger partial charge in [0.25, 0.3) is 0 Å². The first-order valence-electron chi connectivity index (χ1n) is 6.24. The maximum absolute atomic E-state index is 13.1. The van der Waals surface area contributed by atoms with Gasteiger partial charge in [-0.2, -0.15) is 13.2 Å². The van der Waals surface area contributed by atoms with E-state index in [2.05, 4.69) is 26.2 Å². The highest BCUT2D eigenvalue weighted by Crippen LogP contribution is 2.37. The van der Waals surface area contributed by atoms with Crippen LogP contribution >= 0.6 is 27.3 Å². The van der Waals surface area contributed by atoms with Crippen molar-refractivity contribution in [3.63, 3.8) is 0 Å². The van der Waals surface area contributed by atoms with Crippen LogP contribution in [-0.4, -0.2) is 4.98 Å². The third-order valence-corrected chi connectivity index (χ3v) is 4.47. The molecule has 1 N–H and O–H groups in total. The molecule has 0 aromatic carbocycles. The van der Waals surface area contributed by atoms with Crippen molar-refractivity contribution >= 4 is 33.1 Å². The summed E-state index contributed by atoms with van der Waals surface area (Å²) < 4.78 is 39.5. The second-order valence-electron chi connectivity index (χ2n) is 4.78. The van der Waals surface area contributed by atoms with Crippen LogP contribution in [0.1, 0.15) is 33.8 Å². The predicted octanol–water partition coefficient (Wildman–Crippen LogP) is 5.71. The lowest BCUT2D eigenvalue weighted by atomic mass is 10.1. The second kappa shape index (κ2) is 5.96. The van der Waals surface area contributed by atoms with Crippen LogP contribution in [0, 0.1) is 13.8 Å². The van der Waals surface area contributed by atoms with E-state index in [1.165, 1.54) is 6.20 Å². The Balaban J connectivity index is 2.33. The van der Waals surface area contributed by atoms with Crippen LogP contribution in [0.25, 0.3) is 0 Å². The summed E-state index contributed by atoms with van der Waals surface area (Å²) in [6, 6.07) is 2.78. The van der Waals surface area contributed by atoms with Gasteiger partial charge in [0.1, 0.15) is 5.82 Å². The second-order valence-corrected chi connectivity index (χ2v) is 7.16. The molecule has 0 aliphatic heterocycles. The number of nitrogens with one attached hydrogen (secondary N) is 1. The van der Waals surface area contributed by atoms with E-state index in [4.69, 9.17) is 0 Å². The lowest BCUT2D eigenvalue weighted by molar-refractivity contribution is -0.137. The number of nitrogens with zero attached hydrogens (tertiary/aromatic N) is 1. The average Bonchev–Trinajstić information content (AvgIpc) is 2.69. The molecule has 0 amide bonds. The van der Waals surface area contributed by atoms with E-state index in [9.17, 15) is 13.2 Å². The predicted molar refractivity (Wildman–Crippen MR) is 82.8 cm³/mol. The van der Waals surface area contributed by atoms with Gasteiger partial charge >= 0.3 is 6.18 Å². The Morgan fingerprint density at radius 1 is 1.29 bits per heavy atom. The number of anilines is 1. The summed E-state index contributed by atoms with van der Waals surface area (Å²) in [6.45, 7) is 5.77. The van der Waals surface area contributed by atoms with Gasteiger partial charge in [-0.05, 0) is 54.4 Å². The molecule has 1 unspecified atom stereocenters. The largest absolute Gasteiger partial charge is 0.419 e. The molecule has 114 valence electrons. The molecule has 2 aromatic heterocycles. The molecule has 2 nitrogen and oxygen atoms in total. The molecule has 0 bridgehead atoms. The summed E-state index contributed by atoms with van der Waals surface area (Å²) in [5.74, 6) is -0.151. The molecule has 2 rings (SSSR count). The Morgan fingerprint density at radius 2 is 1.95 bits per heavy atom. The van der Waals surface area contributed by atoms with Gasteiger partial charge < -0.3 is 5.32 Å². The highest BCUT2D eigenvalue weighted by molar-refractivity contribution is 9.10. The lowest BCUT2D eigenvalue weighted by Gasteiger charge is -2.18. The van der Waals surface area contributed by atoms with Gasteiger partial charge in [0.05, 0.1) is 11.6 Å². The summed E-state index contributed by atoms with van der Waals surface area (Å²) in [5.41, 5.74) is 0.226. The number of thiophene rings is 1. The monoisotopic (exact) mass is 378 g/mol. The number of aromatic nitrogens is 1. The van der Waals surface area contributed by atoms with Crippen molar-refractivity contribution in [3.05, 3.63) is 43.7 Å². The fraction of sp³-hybridized carbons (Fsp3) is 0.357. The number of hydrogen-bond acceptors (Lipinski definition) is 3. The van der Waals surface area contributed by atoms with Gasteiger partial charge in [0.2, 0.25) is 0 Å². The van der Waals surface area contributed by atoms with Crippen molar-refractivity contribution in [3.8, 4) is 0 Å². The quantitative estimate of drug-likeness (QED) is 0.739. The minimum atomic E-state index is -4.45. The highest BCUT2D eigenvalue weighted by Gasteiger charge is 2.35. The molecule has 0 spiro atoms. The molecule has 0 aliphatic carbocycles. The molecule has 0 radical (unpaired) electrons. The first-order chi connectivity index (χ1) is 9.68. The summed E-state index contributed by atoms with van der Waals surface area (Å²) in [5, 5.41) is 2.87. The SMILES string of the molecule is Cc1cc(C(C)Nc2ncc(Br)cc2C(F)(F)F)c(C)s1. The Morgan fingerprint density at radius 3 is 2.48 bits per heavy atom. The molecule has 2 heterocycles. The molecule has 0 saturated carbocycles. The van der Waals surface area contributed by atoms with Crippen LogP contribution in [-0.2, 0) is 6.18 Å². The molecule has 7 heteroatoms. The topological polar surface area (TPSA) is 24.9 Å². The van der Waals surface area contributed by atoms with Gasteiger partial charge in [-0.3, -0.25) is 0 Å². The zero-order valence-corrected chi connectivity index (χ0v) is 14.1. The highest BCUT2D eigenvalue weighted by atomic mass is 79.9. The van der Waals surface area contributed by atoms with Crippen molar-refractivity contribution in [1.82, 2.24) is 4.98 Å². The standard InChI is InChI=1S/C14H14BrF3N2S/c1-7-4-11(9(3)21-7)8(2)20-13-12(14(16,17)18)5-10(15)6-19-13/h4-6,8H,1-3H3,(H,19,20). The van der Waals surface area contributed by atoms with E-state index in [0.29, 0.717) is 4.47 Å². The van der Waals surface area contributed by atoms with E-state index < -0.39 is 11.7 Å². The minimum absolute atomic E-state index is 0.151. The fourth-order valence-corrected chi connectivity index (χ4v) is 3.49. The van der Waals surface area contributed by atoms with Crippen LogP contribution in [0.15, 0.2) is 22.8 Å². The van der Waals surface area contributed by atoms with Crippen LogP contribution in [0.4, 0.5) is 19.0 Å². The van der Waals surface area contributed by atoms with Gasteiger partial charge in [-0.1, -0.05) is 0 Å². The number of pyridine rings is 1. The fourth-order valence-electron chi connectivity index (χ4n) is 2.13. The van der Waals surface area contributed by atoms with Crippen molar-refractivity contribution in [2.45, 2.75) is 33.0 Å². The Bertz CT molecular complexity index is 652. The molecular weight excluding hydrogens is 365 g/mol. The summed E-state index contributed by atoms with van der Waals surface area (Å²) in [6.07, 6.45) is -3.09. The van der Waals surface area contributed by atoms with Crippen molar-refractivity contribution < 1.29 is 13.2 Å². The summed E-state index contributed by atoms with van der Waals surface area (Å²) in [4.78, 5) is 6.10. The number of rotatable bonds is 3. The van der Waals surface area contributed by atoms with Crippen molar-refractivity contribution in [2.24, 2.45) is 0 Å². The van der Waals surface area contributed by atoms with Crippen molar-refractivity contribution in [2.75, 3.05) is 5.32 Å². The van der Waals surface area contributed by atoms with Crippen molar-refractivity contribution in [1.29, 1.82) is 0 Å². The summed E-state index contributed by atoms with van der Waals surface area (Å²) in [7, 11) is 0. The van der Waals surface area contributed by atoms with Crippen LogP contribution in [0.2, 0.25) is 0 Å². The van der Waals surface area contributed by atoms with Gasteiger partial charge in [0.15, 0.2) is 0 Å². The molecular formula is C14H14BrF3N2S. The number of aryl methyl sites for hydroxylation is 2. The minimum Gasteiger partial charge on any atom is -0.363 e. The molecule has 2 aromatic rings. The van der Waals surface area contributed by atoms with Gasteiger partial charge in [-0.25, -0.2) is 4.98 Å². The first kappa shape index (κ1) is 16.3. The maximum Gasteiger partial charge on any atom is 0.419 e. The lowest BCUT2D eigenvalue weighted by Crippen LogP contribution is -2.15. The van der Waals surface area contributed by atoms with Crippen LogP contribution < -0.4 is 5.32 Å². The maximum atomic E-state index is 13.1. The molecule has 0 fully saturated rings. The normalized spacial score (nSPS) is 13.3. The Labute approximate surface area is 133 Å². The molecule has 1 atom stereocenters. The van der Waals surface area contributed by atoms with E-state index >= 15 is 0 Å². The molecule has 0 saturated heterocycles. The van der Waals surface area contributed by atoms with E-state index in [0.717, 1.165) is 21.4 Å². The third kappa shape index (κ3) is 3.77. The zero-order valence-electron chi connectivity index (χ0n) is 11.7. The third-order valence-electron chi connectivity index (χ3n) is 3.06. The van der Waals surface area contributed by atoms with Gasteiger partial charge in [-0.15, -0.1) is 11.3 Å². The van der Waals surface area contributed by atoms with Gasteiger partial charge in [0, 0.05) is 20.4 Å². The average molecular weight is 379 g/mol. The van der Waals surface area contributed by atoms with Crippen LogP contribution in [0.3, 0.4) is 0 Å². The smallest absolute Gasteiger partial charge is 0.363 e. The van der Waals surface area contributed by atoms with Crippen LogP contribution in [0.5, 0.6) is 0 Å². The first-order valence-corrected chi connectivity index (χ1v) is 7.85. The number of alkyl halides is 3. The Hall–Kier alpha value is -1.08. The number of halogens is 4. The van der Waals surface area contributed by atoms with E-state index in [1.54, 1.807) is 11.3 Å². The molecule has 21 heavy (non-hydrogen) atoms. The number of hydrogen-bond donors (Lipinski definition) is 1. The Kier molecular flexibility index (Phi) is 4.63. The molecule has 0 aliphatic rings. The summed E-state index contributed by atoms with van der Waals surface area (Å²) >= 11 is 4.66. The zero-order chi connectivity index (χ0) is 15.8. The van der Waals surface area contributed by atoms with E-state index in [-0.39, 0.29) is 11.9 Å². The van der Waals surface area contributed by atoms with E-state index in [1.807, 2.05) is 26.8 Å².